The van der Waals surface area contributed by atoms with Crippen LogP contribution in [-0.4, -0.2) is 23.9 Å². The molecule has 0 saturated carbocycles. The monoisotopic (exact) mass is 173 g/mol. The Bertz CT molecular complexity index is 121. The van der Waals surface area contributed by atoms with E-state index in [9.17, 15) is 4.57 Å². The SMILES string of the molecule is CNN(NC)P(=O)(O)Cl. The van der Waals surface area contributed by atoms with E-state index in [-0.39, 0.29) is 0 Å². The van der Waals surface area contributed by atoms with Crippen molar-refractivity contribution in [2.75, 3.05) is 14.1 Å². The van der Waals surface area contributed by atoms with Crippen molar-refractivity contribution in [1.82, 2.24) is 15.7 Å². The summed E-state index contributed by atoms with van der Waals surface area (Å²) in [5.74, 6) is 0. The number of hydrazine groups is 2. The number of rotatable bonds is 3. The van der Waals surface area contributed by atoms with Crippen molar-refractivity contribution in [3.63, 3.8) is 0 Å². The van der Waals surface area contributed by atoms with Gasteiger partial charge in [-0.1, -0.05) is 4.89 Å². The van der Waals surface area contributed by atoms with Crippen LogP contribution in [0.2, 0.25) is 0 Å². The topological polar surface area (TPSA) is 64.6 Å². The highest BCUT2D eigenvalue weighted by Crippen LogP contribution is 2.47. The molecule has 0 aromatic rings. The summed E-state index contributed by atoms with van der Waals surface area (Å²) in [5, 5.41) is 0. The van der Waals surface area contributed by atoms with Gasteiger partial charge in [-0.15, -0.1) is 0 Å². The molecule has 0 aromatic heterocycles. The Balaban J connectivity index is 3.96. The van der Waals surface area contributed by atoms with Gasteiger partial charge in [0.05, 0.1) is 0 Å². The summed E-state index contributed by atoms with van der Waals surface area (Å²) in [6, 6.07) is 0. The molecular weight excluding hydrogens is 164 g/mol. The summed E-state index contributed by atoms with van der Waals surface area (Å²) in [6.07, 6.45) is 0. The lowest BCUT2D eigenvalue weighted by atomic mass is 11.4. The van der Waals surface area contributed by atoms with E-state index >= 15 is 0 Å². The molecule has 0 fully saturated rings. The van der Waals surface area contributed by atoms with E-state index in [1.807, 2.05) is 0 Å². The van der Waals surface area contributed by atoms with Crippen LogP contribution < -0.4 is 10.9 Å². The van der Waals surface area contributed by atoms with Gasteiger partial charge in [-0.3, -0.25) is 4.57 Å². The number of nitrogens with one attached hydrogen (secondary N) is 2. The van der Waals surface area contributed by atoms with Crippen molar-refractivity contribution in [2.45, 2.75) is 0 Å². The molecule has 0 spiro atoms. The average molecular weight is 174 g/mol. The third-order valence-corrected chi connectivity index (χ3v) is 2.02. The zero-order chi connectivity index (χ0) is 7.49. The first-order valence-electron chi connectivity index (χ1n) is 2.20. The molecule has 0 radical (unpaired) electrons. The van der Waals surface area contributed by atoms with Crippen molar-refractivity contribution < 1.29 is 9.46 Å². The smallest absolute Gasteiger partial charge is 0.320 e. The maximum absolute atomic E-state index is 10.5. The molecule has 1 unspecified atom stereocenters. The predicted molar refractivity (Wildman–Crippen MR) is 35.6 cm³/mol. The Morgan fingerprint density at radius 1 is 1.56 bits per heavy atom. The van der Waals surface area contributed by atoms with Gasteiger partial charge in [0, 0.05) is 14.1 Å². The summed E-state index contributed by atoms with van der Waals surface area (Å²) in [6.45, 7) is -3.69. The highest BCUT2D eigenvalue weighted by molar-refractivity contribution is 7.82. The van der Waals surface area contributed by atoms with Gasteiger partial charge in [-0.2, -0.15) is 0 Å². The molecule has 5 nitrogen and oxygen atoms in total. The molecule has 0 aliphatic rings. The minimum absolute atomic E-state index is 0.814. The normalized spacial score (nSPS) is 17.9. The number of hydrogen-bond acceptors (Lipinski definition) is 3. The number of hydrogen-bond donors (Lipinski definition) is 3. The summed E-state index contributed by atoms with van der Waals surface area (Å²) < 4.78 is 10.5. The third kappa shape index (κ3) is 3.15. The quantitative estimate of drug-likeness (QED) is 0.411. The Kier molecular flexibility index (Phi) is 3.65. The molecule has 1 atom stereocenters. The lowest BCUT2D eigenvalue weighted by Gasteiger charge is -2.18. The molecule has 0 heterocycles. The Hall–Kier alpha value is 0.360. The molecule has 3 N–H and O–H groups in total. The van der Waals surface area contributed by atoms with E-state index in [4.69, 9.17) is 16.1 Å². The maximum atomic E-state index is 10.5. The van der Waals surface area contributed by atoms with Gasteiger partial charge < -0.3 is 4.89 Å². The first-order valence-corrected chi connectivity index (χ1v) is 4.72. The van der Waals surface area contributed by atoms with Gasteiger partial charge in [0.25, 0.3) is 0 Å². The van der Waals surface area contributed by atoms with E-state index in [2.05, 4.69) is 10.9 Å². The maximum Gasteiger partial charge on any atom is 0.387 e. The lowest BCUT2D eigenvalue weighted by molar-refractivity contribution is 0.251. The molecule has 0 bridgehead atoms. The van der Waals surface area contributed by atoms with E-state index in [1.165, 1.54) is 14.1 Å². The molecule has 9 heavy (non-hydrogen) atoms. The Labute approximate surface area is 58.2 Å². The van der Waals surface area contributed by atoms with Gasteiger partial charge in [0.15, 0.2) is 0 Å². The molecule has 0 rings (SSSR count). The highest BCUT2D eigenvalue weighted by Gasteiger charge is 2.21. The van der Waals surface area contributed by atoms with Crippen molar-refractivity contribution >= 4 is 18.1 Å². The zero-order valence-corrected chi connectivity index (χ0v) is 6.78. The van der Waals surface area contributed by atoms with E-state index in [0.29, 0.717) is 0 Å². The molecule has 0 aromatic carbocycles. The number of nitrogens with zero attached hydrogens (tertiary/aromatic N) is 1. The summed E-state index contributed by atoms with van der Waals surface area (Å²) in [5.41, 5.74) is 4.74. The van der Waals surface area contributed by atoms with Crippen LogP contribution in [0.3, 0.4) is 0 Å². The van der Waals surface area contributed by atoms with Crippen LogP contribution in [0.1, 0.15) is 0 Å². The summed E-state index contributed by atoms with van der Waals surface area (Å²) >= 11 is 5.01. The molecule has 56 valence electrons. The van der Waals surface area contributed by atoms with Crippen molar-refractivity contribution in [1.29, 1.82) is 0 Å². The second-order valence-electron chi connectivity index (χ2n) is 1.23. The Morgan fingerprint density at radius 2 is 1.89 bits per heavy atom. The lowest BCUT2D eigenvalue weighted by Crippen LogP contribution is -2.39. The van der Waals surface area contributed by atoms with Gasteiger partial charge in [0.2, 0.25) is 0 Å². The van der Waals surface area contributed by atoms with Crippen molar-refractivity contribution in [3.05, 3.63) is 0 Å². The van der Waals surface area contributed by atoms with Crippen LogP contribution in [0.4, 0.5) is 0 Å². The van der Waals surface area contributed by atoms with E-state index in [0.717, 1.165) is 4.89 Å². The van der Waals surface area contributed by atoms with Crippen LogP contribution >= 0.6 is 18.1 Å². The van der Waals surface area contributed by atoms with Crippen LogP contribution in [0.5, 0.6) is 0 Å². The second kappa shape index (κ2) is 3.51. The van der Waals surface area contributed by atoms with Gasteiger partial charge in [-0.25, -0.2) is 10.9 Å². The van der Waals surface area contributed by atoms with Gasteiger partial charge in [0.1, 0.15) is 0 Å². The minimum atomic E-state index is -3.69. The summed E-state index contributed by atoms with van der Waals surface area (Å²) in [7, 11) is 2.95. The van der Waals surface area contributed by atoms with Crippen molar-refractivity contribution in [2.24, 2.45) is 0 Å². The Morgan fingerprint density at radius 3 is 1.89 bits per heavy atom. The molecule has 0 aliphatic heterocycles. The first-order chi connectivity index (χ1) is 4.02. The molecule has 0 aliphatic carbocycles. The highest BCUT2D eigenvalue weighted by atomic mass is 35.7. The molecule has 7 heteroatoms. The fourth-order valence-electron chi connectivity index (χ4n) is 0.358. The third-order valence-electron chi connectivity index (χ3n) is 0.670. The van der Waals surface area contributed by atoms with E-state index in [1.54, 1.807) is 0 Å². The molecule has 0 amide bonds. The van der Waals surface area contributed by atoms with E-state index < -0.39 is 6.87 Å². The molecular formula is C2H9ClN3O2P. The average Bonchev–Trinajstić information content (AvgIpc) is 1.65. The summed E-state index contributed by atoms with van der Waals surface area (Å²) in [4.78, 5) is 9.41. The largest absolute Gasteiger partial charge is 0.387 e. The van der Waals surface area contributed by atoms with Gasteiger partial charge in [-0.05, 0) is 11.2 Å². The van der Waals surface area contributed by atoms with Gasteiger partial charge >= 0.3 is 6.87 Å². The van der Waals surface area contributed by atoms with Crippen LogP contribution in [0.15, 0.2) is 0 Å². The van der Waals surface area contributed by atoms with Crippen LogP contribution in [-0.2, 0) is 4.57 Å². The second-order valence-corrected chi connectivity index (χ2v) is 3.90. The standard InChI is InChI=1S/C2H9ClN3O2P/c1-4-6(5-2)9(3,7)8/h4-5H,1-2H3,(H,7,8). The first kappa shape index (κ1) is 9.36. The fourth-order valence-corrected chi connectivity index (χ4v) is 1.31. The zero-order valence-electron chi connectivity index (χ0n) is 5.13. The van der Waals surface area contributed by atoms with Crippen LogP contribution in [0, 0.1) is 0 Å². The number of halogens is 1. The van der Waals surface area contributed by atoms with Crippen molar-refractivity contribution in [3.8, 4) is 0 Å². The molecule has 0 saturated heterocycles. The van der Waals surface area contributed by atoms with Crippen LogP contribution in [0.25, 0.3) is 0 Å². The minimum Gasteiger partial charge on any atom is -0.320 e. The fraction of sp³-hybridized carbons (Fsp3) is 1.00. The predicted octanol–water partition coefficient (Wildman–Crippen LogP) is -0.104.